The van der Waals surface area contributed by atoms with Crippen LogP contribution in [0.4, 0.5) is 10.1 Å². The van der Waals surface area contributed by atoms with Crippen molar-refractivity contribution in [2.45, 2.75) is 13.0 Å². The highest BCUT2D eigenvalue weighted by Crippen LogP contribution is 2.23. The van der Waals surface area contributed by atoms with E-state index in [-0.39, 0.29) is 23.5 Å². The topological polar surface area (TPSA) is 55.1 Å². The van der Waals surface area contributed by atoms with Gasteiger partial charge >= 0.3 is 0 Å². The molecule has 3 nitrogen and oxygen atoms in total. The lowest BCUT2D eigenvalue weighted by molar-refractivity contribution is 0.0940. The number of carbonyl (C=O) groups excluding carboxylic acids is 1. The minimum atomic E-state index is -0.346. The molecule has 1 amide bonds. The first-order chi connectivity index (χ1) is 9.49. The minimum absolute atomic E-state index is 0.234. The Morgan fingerprint density at radius 3 is 2.70 bits per heavy atom. The Balaban J connectivity index is 2.17. The van der Waals surface area contributed by atoms with E-state index in [9.17, 15) is 9.18 Å². The Morgan fingerprint density at radius 1 is 1.30 bits per heavy atom. The molecule has 3 N–H and O–H groups in total. The van der Waals surface area contributed by atoms with Crippen LogP contribution < -0.4 is 11.1 Å². The van der Waals surface area contributed by atoms with Crippen molar-refractivity contribution in [2.75, 3.05) is 5.73 Å². The molecule has 0 aromatic heterocycles. The highest BCUT2D eigenvalue weighted by Gasteiger charge is 2.15. The molecule has 0 saturated heterocycles. The highest BCUT2D eigenvalue weighted by molar-refractivity contribution is 6.33. The van der Waals surface area contributed by atoms with Crippen LogP contribution in [-0.4, -0.2) is 5.91 Å². The molecule has 0 aliphatic heterocycles. The fourth-order valence-electron chi connectivity index (χ4n) is 1.87. The minimum Gasteiger partial charge on any atom is -0.397 e. The second-order valence-electron chi connectivity index (χ2n) is 4.45. The van der Waals surface area contributed by atoms with Gasteiger partial charge in [-0.05, 0) is 36.8 Å². The lowest BCUT2D eigenvalue weighted by Crippen LogP contribution is -2.27. The molecule has 0 radical (unpaired) electrons. The van der Waals surface area contributed by atoms with Crippen LogP contribution in [0.15, 0.2) is 42.5 Å². The summed E-state index contributed by atoms with van der Waals surface area (Å²) in [5, 5.41) is 3.09. The number of nitrogens with two attached hydrogens (primary N) is 1. The summed E-state index contributed by atoms with van der Waals surface area (Å²) in [6, 6.07) is 10.6. The van der Waals surface area contributed by atoms with Crippen molar-refractivity contribution in [1.82, 2.24) is 5.32 Å². The van der Waals surface area contributed by atoms with Crippen molar-refractivity contribution >= 4 is 23.2 Å². The van der Waals surface area contributed by atoms with E-state index in [0.29, 0.717) is 16.1 Å². The van der Waals surface area contributed by atoms with Crippen molar-refractivity contribution in [3.63, 3.8) is 0 Å². The number of anilines is 1. The number of nitrogen functional groups attached to an aromatic ring is 1. The Hall–Kier alpha value is -2.07. The number of rotatable bonds is 3. The van der Waals surface area contributed by atoms with E-state index < -0.39 is 0 Å². The van der Waals surface area contributed by atoms with Crippen molar-refractivity contribution in [3.8, 4) is 0 Å². The SMILES string of the molecule is CC(NC(=O)c1cccc(Cl)c1N)c1cccc(F)c1. The van der Waals surface area contributed by atoms with Gasteiger partial charge in [0, 0.05) is 0 Å². The van der Waals surface area contributed by atoms with E-state index in [1.807, 2.05) is 0 Å². The predicted octanol–water partition coefficient (Wildman–Crippen LogP) is 3.55. The summed E-state index contributed by atoms with van der Waals surface area (Å²) < 4.78 is 13.2. The number of para-hydroxylation sites is 1. The zero-order valence-corrected chi connectivity index (χ0v) is 11.6. The van der Waals surface area contributed by atoms with Gasteiger partial charge in [0.25, 0.3) is 5.91 Å². The zero-order valence-electron chi connectivity index (χ0n) is 10.9. The van der Waals surface area contributed by atoms with E-state index in [1.54, 1.807) is 37.3 Å². The first-order valence-corrected chi connectivity index (χ1v) is 6.47. The molecule has 104 valence electrons. The van der Waals surface area contributed by atoms with Crippen LogP contribution in [0.1, 0.15) is 28.9 Å². The second-order valence-corrected chi connectivity index (χ2v) is 4.86. The largest absolute Gasteiger partial charge is 0.397 e. The number of carbonyl (C=O) groups is 1. The molecule has 0 aliphatic rings. The Morgan fingerprint density at radius 2 is 2.00 bits per heavy atom. The van der Waals surface area contributed by atoms with E-state index in [2.05, 4.69) is 5.32 Å². The summed E-state index contributed by atoms with van der Waals surface area (Å²) in [4.78, 5) is 12.1. The molecule has 5 heteroatoms. The average Bonchev–Trinajstić information content (AvgIpc) is 2.41. The van der Waals surface area contributed by atoms with Crippen LogP contribution >= 0.6 is 11.6 Å². The van der Waals surface area contributed by atoms with Crippen LogP contribution in [0, 0.1) is 5.82 Å². The number of amides is 1. The monoisotopic (exact) mass is 292 g/mol. The number of nitrogens with one attached hydrogen (secondary N) is 1. The molecule has 0 aliphatic carbocycles. The van der Waals surface area contributed by atoms with Gasteiger partial charge in [-0.25, -0.2) is 4.39 Å². The Labute approximate surface area is 121 Å². The van der Waals surface area contributed by atoms with Crippen LogP contribution in [0.2, 0.25) is 5.02 Å². The molecular weight excluding hydrogens is 279 g/mol. The third kappa shape index (κ3) is 3.08. The van der Waals surface area contributed by atoms with Gasteiger partial charge in [-0.15, -0.1) is 0 Å². The Bertz CT molecular complexity index is 646. The lowest BCUT2D eigenvalue weighted by atomic mass is 10.1. The third-order valence-electron chi connectivity index (χ3n) is 2.99. The highest BCUT2D eigenvalue weighted by atomic mass is 35.5. The molecule has 2 rings (SSSR count). The first kappa shape index (κ1) is 14.3. The average molecular weight is 293 g/mol. The van der Waals surface area contributed by atoms with Gasteiger partial charge in [0.05, 0.1) is 22.3 Å². The van der Waals surface area contributed by atoms with E-state index >= 15 is 0 Å². The van der Waals surface area contributed by atoms with E-state index in [1.165, 1.54) is 12.1 Å². The molecule has 0 spiro atoms. The van der Waals surface area contributed by atoms with Gasteiger partial charge in [0.2, 0.25) is 0 Å². The van der Waals surface area contributed by atoms with Crippen molar-refractivity contribution in [2.24, 2.45) is 0 Å². The second kappa shape index (κ2) is 5.92. The number of hydrogen-bond donors (Lipinski definition) is 2. The quantitative estimate of drug-likeness (QED) is 0.850. The maximum Gasteiger partial charge on any atom is 0.253 e. The lowest BCUT2D eigenvalue weighted by Gasteiger charge is -2.15. The van der Waals surface area contributed by atoms with Gasteiger partial charge in [-0.1, -0.05) is 29.8 Å². The van der Waals surface area contributed by atoms with Crippen molar-refractivity contribution < 1.29 is 9.18 Å². The Kier molecular flexibility index (Phi) is 4.25. The normalized spacial score (nSPS) is 11.9. The number of halogens is 2. The molecule has 2 aromatic carbocycles. The fourth-order valence-corrected chi connectivity index (χ4v) is 2.04. The summed E-state index contributed by atoms with van der Waals surface area (Å²) in [7, 11) is 0. The zero-order chi connectivity index (χ0) is 14.7. The molecule has 1 atom stereocenters. The van der Waals surface area contributed by atoms with Gasteiger partial charge < -0.3 is 11.1 Å². The summed E-state index contributed by atoms with van der Waals surface area (Å²) in [5.41, 5.74) is 6.99. The van der Waals surface area contributed by atoms with Gasteiger partial charge in [-0.3, -0.25) is 4.79 Å². The fraction of sp³-hybridized carbons (Fsp3) is 0.133. The van der Waals surface area contributed by atoms with Crippen LogP contribution in [0.3, 0.4) is 0 Å². The van der Waals surface area contributed by atoms with Crippen LogP contribution in [0.5, 0.6) is 0 Å². The molecular formula is C15H14ClFN2O. The molecule has 2 aromatic rings. The predicted molar refractivity (Wildman–Crippen MR) is 78.1 cm³/mol. The maximum absolute atomic E-state index is 13.2. The maximum atomic E-state index is 13.2. The van der Waals surface area contributed by atoms with Gasteiger partial charge in [-0.2, -0.15) is 0 Å². The smallest absolute Gasteiger partial charge is 0.253 e. The van der Waals surface area contributed by atoms with E-state index in [0.717, 1.165) is 0 Å². The molecule has 0 heterocycles. The molecule has 0 bridgehead atoms. The van der Waals surface area contributed by atoms with E-state index in [4.69, 9.17) is 17.3 Å². The summed E-state index contributed by atoms with van der Waals surface area (Å²) in [6.45, 7) is 1.77. The number of hydrogen-bond acceptors (Lipinski definition) is 2. The standard InChI is InChI=1S/C15H14ClFN2O/c1-9(10-4-2-5-11(17)8-10)19-15(20)12-6-3-7-13(16)14(12)18/h2-9H,18H2,1H3,(H,19,20). The van der Waals surface area contributed by atoms with Crippen molar-refractivity contribution in [1.29, 1.82) is 0 Å². The first-order valence-electron chi connectivity index (χ1n) is 6.09. The number of benzene rings is 2. The third-order valence-corrected chi connectivity index (χ3v) is 3.32. The van der Waals surface area contributed by atoms with Crippen LogP contribution in [-0.2, 0) is 0 Å². The molecule has 20 heavy (non-hydrogen) atoms. The summed E-state index contributed by atoms with van der Waals surface area (Å²) >= 11 is 5.88. The molecule has 0 fully saturated rings. The van der Waals surface area contributed by atoms with Gasteiger partial charge in [0.15, 0.2) is 0 Å². The molecule has 1 unspecified atom stereocenters. The van der Waals surface area contributed by atoms with Gasteiger partial charge in [0.1, 0.15) is 5.82 Å². The van der Waals surface area contributed by atoms with Crippen molar-refractivity contribution in [3.05, 3.63) is 64.4 Å². The summed E-state index contributed by atoms with van der Waals surface area (Å²) in [6.07, 6.45) is 0. The summed E-state index contributed by atoms with van der Waals surface area (Å²) in [5.74, 6) is -0.687. The molecule has 0 saturated carbocycles. The van der Waals surface area contributed by atoms with Crippen LogP contribution in [0.25, 0.3) is 0 Å².